The molecule has 2 unspecified atom stereocenters. The molecule has 0 radical (unpaired) electrons. The van der Waals surface area contributed by atoms with Gasteiger partial charge in [0, 0.05) is 12.3 Å². The van der Waals surface area contributed by atoms with Crippen molar-refractivity contribution in [1.29, 1.82) is 0 Å². The van der Waals surface area contributed by atoms with Gasteiger partial charge in [-0.2, -0.15) is 0 Å². The van der Waals surface area contributed by atoms with Crippen LogP contribution in [0.3, 0.4) is 0 Å². The van der Waals surface area contributed by atoms with E-state index in [1.807, 2.05) is 67.6 Å². The second-order valence-electron chi connectivity index (χ2n) is 12.6. The monoisotopic (exact) mass is 733 g/mol. The van der Waals surface area contributed by atoms with Crippen LogP contribution in [-0.2, 0) is 38.3 Å². The van der Waals surface area contributed by atoms with Crippen LogP contribution in [0.15, 0.2) is 84.0 Å². The number of benzene rings is 2. The Balaban J connectivity index is 1.31. The number of carbonyl (C=O) groups is 5. The zero-order valence-corrected chi connectivity index (χ0v) is 30.2. The second kappa shape index (κ2) is 16.4. The zero-order chi connectivity index (χ0) is 36.6. The van der Waals surface area contributed by atoms with Crippen LogP contribution in [0.5, 0.6) is 0 Å². The Morgan fingerprint density at radius 2 is 1.73 bits per heavy atom. The van der Waals surface area contributed by atoms with E-state index in [9.17, 15) is 24.0 Å². The molecule has 51 heavy (non-hydrogen) atoms. The van der Waals surface area contributed by atoms with Gasteiger partial charge in [0.1, 0.15) is 33.3 Å². The number of rotatable bonds is 14. The smallest absolute Gasteiger partial charge is 0.347 e. The third-order valence-corrected chi connectivity index (χ3v) is 10.7. The summed E-state index contributed by atoms with van der Waals surface area (Å²) in [6, 6.07) is 22.6. The van der Waals surface area contributed by atoms with Gasteiger partial charge in [-0.3, -0.25) is 19.2 Å². The van der Waals surface area contributed by atoms with Crippen LogP contribution in [0, 0.1) is 0 Å². The van der Waals surface area contributed by atoms with Crippen molar-refractivity contribution in [3.63, 3.8) is 0 Å². The number of nitrogens with one attached hydrogen (secondary N) is 2. The average Bonchev–Trinajstić information content (AvgIpc) is 3.11. The molecule has 2 aliphatic heterocycles. The first-order chi connectivity index (χ1) is 24.4. The summed E-state index contributed by atoms with van der Waals surface area (Å²) in [5.74, 6) is -1.21. The van der Waals surface area contributed by atoms with Gasteiger partial charge in [-0.25, -0.2) is 9.78 Å². The van der Waals surface area contributed by atoms with Gasteiger partial charge in [0.15, 0.2) is 11.8 Å². The molecule has 13 nitrogen and oxygen atoms in total. The highest BCUT2D eigenvalue weighted by Gasteiger charge is 2.58. The lowest BCUT2D eigenvalue weighted by Gasteiger charge is -2.53. The minimum Gasteiger partial charge on any atom is -0.457 e. The molecule has 2 N–H and O–H groups in total. The molecular formula is C36H39N5O8S2. The number of β-lactam (4-membered cyclic amide) rings is 1. The van der Waals surface area contributed by atoms with Crippen LogP contribution < -0.4 is 10.6 Å². The minimum atomic E-state index is -1.04. The predicted octanol–water partition coefficient (Wildman–Crippen LogP) is 3.94. The van der Waals surface area contributed by atoms with Gasteiger partial charge in [-0.1, -0.05) is 78.8 Å². The summed E-state index contributed by atoms with van der Waals surface area (Å²) in [7, 11) is 0. The highest BCUT2D eigenvalue weighted by Crippen LogP contribution is 2.45. The number of esters is 2. The number of aromatic nitrogens is 1. The molecule has 3 heterocycles. The van der Waals surface area contributed by atoms with E-state index >= 15 is 0 Å². The Bertz CT molecular complexity index is 1730. The Kier molecular flexibility index (Phi) is 12.0. The summed E-state index contributed by atoms with van der Waals surface area (Å²) < 4.78 is 10.5. The number of oxime groups is 1. The fourth-order valence-corrected chi connectivity index (χ4v) is 8.41. The van der Waals surface area contributed by atoms with E-state index in [4.69, 9.17) is 14.3 Å². The molecule has 2 aromatic carbocycles. The number of nitrogens with zero attached hydrogens (tertiary/aromatic N) is 3. The van der Waals surface area contributed by atoms with Crippen LogP contribution in [-0.4, -0.2) is 92.2 Å². The van der Waals surface area contributed by atoms with Gasteiger partial charge >= 0.3 is 11.9 Å². The number of anilines is 1. The first kappa shape index (κ1) is 37.4. The average molecular weight is 734 g/mol. The standard InChI is InChI=1S/C36H39N5O8S2/c1-5-51-36(34(46)48-30(23-13-8-6-9-14-23)24-15-10-7-11-16-24)20-41-32(45)29(33(41)50-21-36)39-31(44)28(25-17-12-18-26(38-25)37-22-42)40-47-19-27(43)49-35(2,3)4/h6-18,22,29-30,33H,5,19-21H2,1-4H3,(H,39,44)(H,37,38,42)/t29?,33-,36?/m1/s1. The van der Waals surface area contributed by atoms with Gasteiger partial charge < -0.3 is 29.8 Å². The van der Waals surface area contributed by atoms with E-state index in [0.29, 0.717) is 17.9 Å². The lowest BCUT2D eigenvalue weighted by Crippen LogP contribution is -2.75. The molecule has 5 rings (SSSR count). The second-order valence-corrected chi connectivity index (χ2v) is 15.4. The van der Waals surface area contributed by atoms with Crippen LogP contribution in [0.25, 0.3) is 0 Å². The maximum atomic E-state index is 14.1. The van der Waals surface area contributed by atoms with Crippen LogP contribution in [0.1, 0.15) is 50.6 Å². The number of ether oxygens (including phenoxy) is 2. The molecule has 0 aliphatic carbocycles. The minimum absolute atomic E-state index is 0.0240. The summed E-state index contributed by atoms with van der Waals surface area (Å²) in [5, 5.41) is 8.56. The van der Waals surface area contributed by atoms with E-state index in [2.05, 4.69) is 20.8 Å². The molecule has 1 aromatic heterocycles. The zero-order valence-electron chi connectivity index (χ0n) is 28.6. The molecule has 2 aliphatic rings. The fourth-order valence-electron chi connectivity index (χ4n) is 5.54. The van der Waals surface area contributed by atoms with E-state index in [1.165, 1.54) is 35.7 Å². The molecule has 15 heteroatoms. The Labute approximate surface area is 304 Å². The largest absolute Gasteiger partial charge is 0.457 e. The molecule has 2 saturated heterocycles. The van der Waals surface area contributed by atoms with Gasteiger partial charge in [-0.15, -0.1) is 23.5 Å². The van der Waals surface area contributed by atoms with Crippen molar-refractivity contribution >= 4 is 65.2 Å². The van der Waals surface area contributed by atoms with Crippen molar-refractivity contribution in [3.05, 3.63) is 95.7 Å². The van der Waals surface area contributed by atoms with Crippen LogP contribution >= 0.6 is 23.5 Å². The number of fused-ring (bicyclic) bond motifs is 1. The van der Waals surface area contributed by atoms with Gasteiger partial charge in [0.25, 0.3) is 5.91 Å². The summed E-state index contributed by atoms with van der Waals surface area (Å²) in [5.41, 5.74) is 0.591. The quantitative estimate of drug-likeness (QED) is 0.0811. The van der Waals surface area contributed by atoms with E-state index in [0.717, 1.165) is 11.1 Å². The molecule has 2 fully saturated rings. The molecule has 3 atom stereocenters. The molecule has 0 saturated carbocycles. The van der Waals surface area contributed by atoms with Gasteiger partial charge in [0.2, 0.25) is 18.9 Å². The molecular weight excluding hydrogens is 695 g/mol. The first-order valence-corrected chi connectivity index (χ1v) is 18.3. The topological polar surface area (TPSA) is 166 Å². The maximum absolute atomic E-state index is 14.1. The summed E-state index contributed by atoms with van der Waals surface area (Å²) in [4.78, 5) is 75.5. The molecule has 268 valence electrons. The normalized spacial score (nSPS) is 20.1. The van der Waals surface area contributed by atoms with E-state index in [-0.39, 0.29) is 29.7 Å². The summed E-state index contributed by atoms with van der Waals surface area (Å²) >= 11 is 2.81. The number of amides is 3. The Hall–Kier alpha value is -4.89. The Morgan fingerprint density at radius 1 is 1.06 bits per heavy atom. The van der Waals surface area contributed by atoms with Crippen LogP contribution in [0.2, 0.25) is 0 Å². The summed E-state index contributed by atoms with van der Waals surface area (Å²) in [6.45, 7) is 6.56. The van der Waals surface area contributed by atoms with E-state index in [1.54, 1.807) is 31.7 Å². The van der Waals surface area contributed by atoms with Crippen molar-refractivity contribution in [1.82, 2.24) is 15.2 Å². The van der Waals surface area contributed by atoms with Crippen molar-refractivity contribution in [2.24, 2.45) is 5.16 Å². The first-order valence-electron chi connectivity index (χ1n) is 16.2. The summed E-state index contributed by atoms with van der Waals surface area (Å²) in [6.07, 6.45) is -0.208. The number of pyridine rings is 1. The Morgan fingerprint density at radius 3 is 2.33 bits per heavy atom. The maximum Gasteiger partial charge on any atom is 0.347 e. The van der Waals surface area contributed by atoms with E-state index < -0.39 is 52.3 Å². The number of thioether (sulfide) groups is 2. The van der Waals surface area contributed by atoms with Crippen molar-refractivity contribution in [2.75, 3.05) is 30.0 Å². The third kappa shape index (κ3) is 9.08. The molecule has 3 aromatic rings. The lowest BCUT2D eigenvalue weighted by atomic mass is 10.00. The lowest BCUT2D eigenvalue weighted by molar-refractivity contribution is -0.160. The van der Waals surface area contributed by atoms with Crippen molar-refractivity contribution in [3.8, 4) is 0 Å². The van der Waals surface area contributed by atoms with Crippen molar-refractivity contribution < 1.29 is 38.3 Å². The number of carbonyl (C=O) groups excluding carboxylic acids is 5. The van der Waals surface area contributed by atoms with Crippen molar-refractivity contribution in [2.45, 2.75) is 55.6 Å². The molecule has 0 spiro atoms. The molecule has 3 amide bonds. The third-order valence-electron chi connectivity index (χ3n) is 7.74. The predicted molar refractivity (Wildman–Crippen MR) is 194 cm³/mol. The fraction of sp³-hybridized carbons (Fsp3) is 0.361. The molecule has 0 bridgehead atoms. The highest BCUT2D eigenvalue weighted by atomic mass is 32.2. The number of hydrogen-bond donors (Lipinski definition) is 2. The highest BCUT2D eigenvalue weighted by molar-refractivity contribution is 8.05. The van der Waals surface area contributed by atoms with Gasteiger partial charge in [0.05, 0.1) is 0 Å². The van der Waals surface area contributed by atoms with Gasteiger partial charge in [-0.05, 0) is 49.8 Å². The SMILES string of the molecule is CCSC1(C(=O)OC(c2ccccc2)c2ccccc2)CS[C@@H]2C(NC(=O)C(=NOCC(=O)OC(C)(C)C)c3cccc(NC=O)n3)C(=O)N2C1. The number of hydrogen-bond acceptors (Lipinski definition) is 12. The van der Waals surface area contributed by atoms with Crippen LogP contribution in [0.4, 0.5) is 5.82 Å².